The highest BCUT2D eigenvalue weighted by molar-refractivity contribution is 6.05. The lowest BCUT2D eigenvalue weighted by atomic mass is 10.1. The van der Waals surface area contributed by atoms with Gasteiger partial charge >= 0.3 is 0 Å². The first-order valence-electron chi connectivity index (χ1n) is 10.00. The molecular formula is C23H27N3O4. The van der Waals surface area contributed by atoms with Gasteiger partial charge in [0.2, 0.25) is 11.8 Å². The highest BCUT2D eigenvalue weighted by atomic mass is 16.5. The summed E-state index contributed by atoms with van der Waals surface area (Å²) in [5.74, 6) is -1.06. The lowest BCUT2D eigenvalue weighted by Gasteiger charge is -2.24. The van der Waals surface area contributed by atoms with Gasteiger partial charge in [-0.3, -0.25) is 14.4 Å². The molecule has 0 unspecified atom stereocenters. The van der Waals surface area contributed by atoms with E-state index < -0.39 is 5.92 Å². The maximum atomic E-state index is 12.8. The standard InChI is InChI=1S/C23H27N3O4/c1-16(15-30-2)26-14-18(12-21(26)27)22(28)25-20-11-7-6-10-19(20)23(29)24-13-17-8-4-3-5-9-17/h3-11,16,18H,12-15H2,1-2H3,(H,24,29)(H,25,28)/t16-,18-/m0/s1. The number of carbonyl (C=O) groups is 3. The molecule has 1 aliphatic rings. The number of para-hydroxylation sites is 1. The second-order valence-corrected chi connectivity index (χ2v) is 7.45. The molecule has 0 radical (unpaired) electrons. The Morgan fingerprint density at radius 3 is 2.57 bits per heavy atom. The summed E-state index contributed by atoms with van der Waals surface area (Å²) in [6.07, 6.45) is 0.155. The number of carbonyl (C=O) groups excluding carboxylic acids is 3. The summed E-state index contributed by atoms with van der Waals surface area (Å²) < 4.78 is 5.11. The molecule has 2 N–H and O–H groups in total. The van der Waals surface area contributed by atoms with Gasteiger partial charge in [0.15, 0.2) is 0 Å². The lowest BCUT2D eigenvalue weighted by Crippen LogP contribution is -2.38. The summed E-state index contributed by atoms with van der Waals surface area (Å²) in [6.45, 7) is 3.06. The van der Waals surface area contributed by atoms with Crippen LogP contribution in [0.5, 0.6) is 0 Å². The highest BCUT2D eigenvalue weighted by Gasteiger charge is 2.36. The van der Waals surface area contributed by atoms with E-state index in [2.05, 4.69) is 10.6 Å². The van der Waals surface area contributed by atoms with Gasteiger partial charge in [0.25, 0.3) is 5.91 Å². The van der Waals surface area contributed by atoms with Crippen molar-refractivity contribution >= 4 is 23.4 Å². The molecule has 30 heavy (non-hydrogen) atoms. The van der Waals surface area contributed by atoms with Crippen molar-refractivity contribution in [1.82, 2.24) is 10.2 Å². The van der Waals surface area contributed by atoms with Crippen LogP contribution in [0.2, 0.25) is 0 Å². The van der Waals surface area contributed by atoms with Gasteiger partial charge in [-0.25, -0.2) is 0 Å². The smallest absolute Gasteiger partial charge is 0.253 e. The second kappa shape index (κ2) is 10.0. The Bertz CT molecular complexity index is 900. The van der Waals surface area contributed by atoms with Gasteiger partial charge in [-0.15, -0.1) is 0 Å². The van der Waals surface area contributed by atoms with Gasteiger partial charge in [-0.1, -0.05) is 42.5 Å². The Hall–Kier alpha value is -3.19. The number of ether oxygens (including phenoxy) is 1. The van der Waals surface area contributed by atoms with Crippen LogP contribution in [0.1, 0.15) is 29.3 Å². The number of anilines is 1. The van der Waals surface area contributed by atoms with Crippen LogP contribution in [0.4, 0.5) is 5.69 Å². The Kier molecular flexibility index (Phi) is 7.19. The minimum Gasteiger partial charge on any atom is -0.383 e. The maximum Gasteiger partial charge on any atom is 0.253 e. The van der Waals surface area contributed by atoms with Crippen molar-refractivity contribution in [1.29, 1.82) is 0 Å². The summed E-state index contributed by atoms with van der Waals surface area (Å²) in [7, 11) is 1.58. The molecule has 1 saturated heterocycles. The summed E-state index contributed by atoms with van der Waals surface area (Å²) in [6, 6.07) is 16.4. The first-order chi connectivity index (χ1) is 14.5. The van der Waals surface area contributed by atoms with E-state index in [0.717, 1.165) is 5.56 Å². The third-order valence-corrected chi connectivity index (χ3v) is 5.19. The summed E-state index contributed by atoms with van der Waals surface area (Å²) in [4.78, 5) is 39.4. The van der Waals surface area contributed by atoms with Crippen molar-refractivity contribution in [3.8, 4) is 0 Å². The highest BCUT2D eigenvalue weighted by Crippen LogP contribution is 2.23. The molecule has 2 aromatic carbocycles. The van der Waals surface area contributed by atoms with Crippen LogP contribution < -0.4 is 10.6 Å². The number of hydrogen-bond donors (Lipinski definition) is 2. The minimum atomic E-state index is -0.461. The maximum absolute atomic E-state index is 12.8. The van der Waals surface area contributed by atoms with Crippen LogP contribution in [0, 0.1) is 5.92 Å². The van der Waals surface area contributed by atoms with Gasteiger partial charge in [0.05, 0.1) is 29.8 Å². The zero-order valence-electron chi connectivity index (χ0n) is 17.3. The van der Waals surface area contributed by atoms with Gasteiger partial charge in [-0.2, -0.15) is 0 Å². The van der Waals surface area contributed by atoms with E-state index in [1.165, 1.54) is 0 Å². The molecule has 0 spiro atoms. The van der Waals surface area contributed by atoms with E-state index in [0.29, 0.717) is 30.9 Å². The van der Waals surface area contributed by atoms with E-state index in [1.54, 1.807) is 36.3 Å². The number of rotatable bonds is 8. The first kappa shape index (κ1) is 21.5. The normalized spacial score (nSPS) is 16.9. The Balaban J connectivity index is 1.64. The van der Waals surface area contributed by atoms with Crippen LogP contribution in [-0.4, -0.2) is 48.9 Å². The summed E-state index contributed by atoms with van der Waals surface area (Å²) in [5.41, 5.74) is 1.81. The summed E-state index contributed by atoms with van der Waals surface area (Å²) in [5, 5.41) is 5.71. The number of likely N-dealkylation sites (tertiary alicyclic amines) is 1. The van der Waals surface area contributed by atoms with Crippen molar-refractivity contribution in [2.24, 2.45) is 5.92 Å². The van der Waals surface area contributed by atoms with Crippen molar-refractivity contribution < 1.29 is 19.1 Å². The SMILES string of the molecule is COC[C@H](C)N1C[C@@H](C(=O)Nc2ccccc2C(=O)NCc2ccccc2)CC1=O. The zero-order chi connectivity index (χ0) is 21.5. The predicted octanol–water partition coefficient (Wildman–Crippen LogP) is 2.44. The van der Waals surface area contributed by atoms with Crippen LogP contribution in [-0.2, 0) is 20.9 Å². The fourth-order valence-corrected chi connectivity index (χ4v) is 3.56. The molecule has 7 heteroatoms. The topological polar surface area (TPSA) is 87.7 Å². The van der Waals surface area contributed by atoms with Crippen LogP contribution in [0.15, 0.2) is 54.6 Å². The van der Waals surface area contributed by atoms with E-state index in [9.17, 15) is 14.4 Å². The van der Waals surface area contributed by atoms with E-state index >= 15 is 0 Å². The largest absolute Gasteiger partial charge is 0.383 e. The van der Waals surface area contributed by atoms with Gasteiger partial charge < -0.3 is 20.3 Å². The second-order valence-electron chi connectivity index (χ2n) is 7.45. The Morgan fingerprint density at radius 2 is 1.83 bits per heavy atom. The fourth-order valence-electron chi connectivity index (χ4n) is 3.56. The molecule has 1 fully saturated rings. The molecule has 7 nitrogen and oxygen atoms in total. The molecule has 3 amide bonds. The van der Waals surface area contributed by atoms with Crippen LogP contribution >= 0.6 is 0 Å². The van der Waals surface area contributed by atoms with Gasteiger partial charge in [-0.05, 0) is 24.6 Å². The third kappa shape index (κ3) is 5.24. The molecule has 1 aliphatic heterocycles. The number of benzene rings is 2. The van der Waals surface area contributed by atoms with Crippen molar-refractivity contribution in [3.05, 3.63) is 65.7 Å². The number of nitrogens with zero attached hydrogens (tertiary/aromatic N) is 1. The van der Waals surface area contributed by atoms with Crippen LogP contribution in [0.3, 0.4) is 0 Å². The van der Waals surface area contributed by atoms with Gasteiger partial charge in [0.1, 0.15) is 0 Å². The minimum absolute atomic E-state index is 0.0615. The third-order valence-electron chi connectivity index (χ3n) is 5.19. The molecule has 158 valence electrons. The molecule has 0 saturated carbocycles. The lowest BCUT2D eigenvalue weighted by molar-refractivity contribution is -0.130. The molecule has 2 atom stereocenters. The average Bonchev–Trinajstić information content (AvgIpc) is 3.15. The molecule has 2 aromatic rings. The Labute approximate surface area is 176 Å². The quantitative estimate of drug-likeness (QED) is 0.701. The van der Waals surface area contributed by atoms with Crippen molar-refractivity contribution in [3.63, 3.8) is 0 Å². The molecule has 0 aromatic heterocycles. The molecule has 3 rings (SSSR count). The molecular weight excluding hydrogens is 382 g/mol. The number of nitrogens with one attached hydrogen (secondary N) is 2. The Morgan fingerprint density at radius 1 is 1.13 bits per heavy atom. The predicted molar refractivity (Wildman–Crippen MR) is 114 cm³/mol. The zero-order valence-corrected chi connectivity index (χ0v) is 17.3. The van der Waals surface area contributed by atoms with E-state index in [4.69, 9.17) is 4.74 Å². The van der Waals surface area contributed by atoms with E-state index in [1.807, 2.05) is 37.3 Å². The van der Waals surface area contributed by atoms with Gasteiger partial charge in [0, 0.05) is 26.6 Å². The molecule has 0 bridgehead atoms. The van der Waals surface area contributed by atoms with Crippen molar-refractivity contribution in [2.75, 3.05) is 25.6 Å². The molecule has 1 heterocycles. The molecule has 0 aliphatic carbocycles. The number of methoxy groups -OCH3 is 1. The fraction of sp³-hybridized carbons (Fsp3) is 0.348. The number of amides is 3. The van der Waals surface area contributed by atoms with Crippen molar-refractivity contribution in [2.45, 2.75) is 25.9 Å². The monoisotopic (exact) mass is 409 g/mol. The summed E-state index contributed by atoms with van der Waals surface area (Å²) >= 11 is 0. The van der Waals surface area contributed by atoms with Crippen LogP contribution in [0.25, 0.3) is 0 Å². The number of hydrogen-bond acceptors (Lipinski definition) is 4. The van der Waals surface area contributed by atoms with E-state index in [-0.39, 0.29) is 30.2 Å². The average molecular weight is 409 g/mol. The first-order valence-corrected chi connectivity index (χ1v) is 10.00.